The first-order valence-corrected chi connectivity index (χ1v) is 5.43. The predicted molar refractivity (Wildman–Crippen MR) is 61.4 cm³/mol. The SMILES string of the molecule is O=C(O)Cc1nc(COc2cccc(Cl)c2)no1. The molecule has 0 aliphatic rings. The summed E-state index contributed by atoms with van der Waals surface area (Å²) < 4.78 is 10.1. The Hall–Kier alpha value is -2.08. The van der Waals surface area contributed by atoms with E-state index in [0.717, 1.165) is 0 Å². The molecule has 0 atom stereocenters. The van der Waals surface area contributed by atoms with Crippen LogP contribution in [0.1, 0.15) is 11.7 Å². The largest absolute Gasteiger partial charge is 0.485 e. The Kier molecular flexibility index (Phi) is 3.78. The van der Waals surface area contributed by atoms with Gasteiger partial charge in [0.05, 0.1) is 0 Å². The van der Waals surface area contributed by atoms with Crippen molar-refractivity contribution in [3.05, 3.63) is 41.0 Å². The number of rotatable bonds is 5. The van der Waals surface area contributed by atoms with E-state index in [2.05, 4.69) is 10.1 Å². The molecule has 0 spiro atoms. The summed E-state index contributed by atoms with van der Waals surface area (Å²) in [5, 5.41) is 12.7. The zero-order chi connectivity index (χ0) is 13.0. The van der Waals surface area contributed by atoms with Crippen LogP contribution in [0.25, 0.3) is 0 Å². The number of halogens is 1. The first-order chi connectivity index (χ1) is 8.63. The fourth-order valence-corrected chi connectivity index (χ4v) is 1.43. The molecule has 18 heavy (non-hydrogen) atoms. The highest BCUT2D eigenvalue weighted by molar-refractivity contribution is 6.30. The summed E-state index contributed by atoms with van der Waals surface area (Å²) >= 11 is 5.79. The highest BCUT2D eigenvalue weighted by Gasteiger charge is 2.10. The molecule has 1 aromatic carbocycles. The normalized spacial score (nSPS) is 10.3. The van der Waals surface area contributed by atoms with Crippen molar-refractivity contribution in [2.24, 2.45) is 0 Å². The van der Waals surface area contributed by atoms with Crippen LogP contribution in [0.3, 0.4) is 0 Å². The molecular weight excluding hydrogens is 260 g/mol. The molecule has 0 aliphatic heterocycles. The van der Waals surface area contributed by atoms with Crippen molar-refractivity contribution in [2.75, 3.05) is 0 Å². The van der Waals surface area contributed by atoms with Gasteiger partial charge in [-0.3, -0.25) is 4.79 Å². The topological polar surface area (TPSA) is 85.5 Å². The summed E-state index contributed by atoms with van der Waals surface area (Å²) in [5.41, 5.74) is 0. The van der Waals surface area contributed by atoms with Crippen LogP contribution in [0.4, 0.5) is 0 Å². The number of hydrogen-bond acceptors (Lipinski definition) is 5. The Morgan fingerprint density at radius 1 is 1.50 bits per heavy atom. The maximum Gasteiger partial charge on any atom is 0.312 e. The van der Waals surface area contributed by atoms with Gasteiger partial charge < -0.3 is 14.4 Å². The van der Waals surface area contributed by atoms with Crippen LogP contribution in [-0.4, -0.2) is 21.2 Å². The Balaban J connectivity index is 1.94. The third kappa shape index (κ3) is 3.46. The van der Waals surface area contributed by atoms with E-state index in [1.165, 1.54) is 0 Å². The van der Waals surface area contributed by atoms with Crippen molar-refractivity contribution in [2.45, 2.75) is 13.0 Å². The van der Waals surface area contributed by atoms with Crippen LogP contribution < -0.4 is 4.74 Å². The van der Waals surface area contributed by atoms with Crippen molar-refractivity contribution in [3.63, 3.8) is 0 Å². The van der Waals surface area contributed by atoms with Gasteiger partial charge >= 0.3 is 5.97 Å². The van der Waals surface area contributed by atoms with E-state index in [9.17, 15) is 4.79 Å². The fourth-order valence-electron chi connectivity index (χ4n) is 1.25. The van der Waals surface area contributed by atoms with E-state index >= 15 is 0 Å². The van der Waals surface area contributed by atoms with Gasteiger partial charge in [-0.1, -0.05) is 22.8 Å². The van der Waals surface area contributed by atoms with Gasteiger partial charge in [-0.05, 0) is 18.2 Å². The second kappa shape index (κ2) is 5.50. The van der Waals surface area contributed by atoms with Crippen molar-refractivity contribution in [1.29, 1.82) is 0 Å². The third-order valence-electron chi connectivity index (χ3n) is 1.98. The molecule has 2 aromatic rings. The minimum Gasteiger partial charge on any atom is -0.485 e. The molecule has 1 aromatic heterocycles. The standard InChI is InChI=1S/C11H9ClN2O4/c12-7-2-1-3-8(4-7)17-6-9-13-10(18-14-9)5-11(15)16/h1-4H,5-6H2,(H,15,16). The van der Waals surface area contributed by atoms with E-state index < -0.39 is 5.97 Å². The monoisotopic (exact) mass is 268 g/mol. The van der Waals surface area contributed by atoms with Crippen molar-refractivity contribution >= 4 is 17.6 Å². The number of aromatic nitrogens is 2. The van der Waals surface area contributed by atoms with E-state index in [1.807, 2.05) is 0 Å². The van der Waals surface area contributed by atoms with Gasteiger partial charge in [0, 0.05) is 5.02 Å². The lowest BCUT2D eigenvalue weighted by Gasteiger charge is -2.02. The summed E-state index contributed by atoms with van der Waals surface area (Å²) in [6, 6.07) is 6.88. The van der Waals surface area contributed by atoms with Gasteiger partial charge in [-0.2, -0.15) is 4.98 Å². The number of carboxylic acid groups (broad SMARTS) is 1. The Morgan fingerprint density at radius 3 is 3.06 bits per heavy atom. The number of benzene rings is 1. The number of nitrogens with zero attached hydrogens (tertiary/aromatic N) is 2. The summed E-state index contributed by atoms with van der Waals surface area (Å²) in [4.78, 5) is 14.3. The van der Waals surface area contributed by atoms with Crippen LogP contribution in [0, 0.1) is 0 Å². The molecule has 0 bridgehead atoms. The van der Waals surface area contributed by atoms with Gasteiger partial charge in [0.1, 0.15) is 12.2 Å². The molecule has 0 saturated heterocycles. The second-order valence-electron chi connectivity index (χ2n) is 3.42. The molecule has 0 amide bonds. The fraction of sp³-hybridized carbons (Fsp3) is 0.182. The zero-order valence-corrected chi connectivity index (χ0v) is 9.92. The molecular formula is C11H9ClN2O4. The maximum absolute atomic E-state index is 10.4. The van der Waals surface area contributed by atoms with Gasteiger partial charge in [0.15, 0.2) is 6.61 Å². The minimum atomic E-state index is -1.03. The molecule has 6 nitrogen and oxygen atoms in total. The number of carboxylic acids is 1. The molecule has 0 fully saturated rings. The maximum atomic E-state index is 10.4. The molecule has 7 heteroatoms. The number of carbonyl (C=O) groups is 1. The molecule has 0 unspecified atom stereocenters. The zero-order valence-electron chi connectivity index (χ0n) is 9.17. The van der Waals surface area contributed by atoms with Gasteiger partial charge in [0.2, 0.25) is 11.7 Å². The number of ether oxygens (including phenoxy) is 1. The van der Waals surface area contributed by atoms with Crippen LogP contribution in [-0.2, 0) is 17.8 Å². The van der Waals surface area contributed by atoms with Crippen molar-refractivity contribution in [3.8, 4) is 5.75 Å². The number of hydrogen-bond donors (Lipinski definition) is 1. The summed E-state index contributed by atoms with van der Waals surface area (Å²) in [6.07, 6.45) is -0.301. The Morgan fingerprint density at radius 2 is 2.33 bits per heavy atom. The molecule has 1 heterocycles. The van der Waals surface area contributed by atoms with Crippen LogP contribution in [0.5, 0.6) is 5.75 Å². The van der Waals surface area contributed by atoms with Crippen molar-refractivity contribution in [1.82, 2.24) is 10.1 Å². The van der Waals surface area contributed by atoms with E-state index in [1.54, 1.807) is 24.3 Å². The summed E-state index contributed by atoms with van der Waals surface area (Å²) in [7, 11) is 0. The predicted octanol–water partition coefficient (Wildman–Crippen LogP) is 1.93. The lowest BCUT2D eigenvalue weighted by Crippen LogP contribution is -2.01. The third-order valence-corrected chi connectivity index (χ3v) is 2.21. The van der Waals surface area contributed by atoms with Crippen molar-refractivity contribution < 1.29 is 19.2 Å². The van der Waals surface area contributed by atoms with Gasteiger partial charge in [-0.15, -0.1) is 0 Å². The Bertz CT molecular complexity index is 555. The minimum absolute atomic E-state index is 0.0483. The first-order valence-electron chi connectivity index (χ1n) is 5.05. The van der Waals surface area contributed by atoms with Crippen LogP contribution in [0.15, 0.2) is 28.8 Å². The van der Waals surface area contributed by atoms with E-state index in [4.69, 9.17) is 26.0 Å². The molecule has 0 aliphatic carbocycles. The lowest BCUT2D eigenvalue weighted by atomic mass is 10.3. The van der Waals surface area contributed by atoms with Crippen LogP contribution in [0.2, 0.25) is 5.02 Å². The van der Waals surface area contributed by atoms with E-state index in [-0.39, 0.29) is 24.7 Å². The smallest absolute Gasteiger partial charge is 0.312 e. The average molecular weight is 269 g/mol. The summed E-state index contributed by atoms with van der Waals surface area (Å²) in [6.45, 7) is 0.0868. The highest BCUT2D eigenvalue weighted by atomic mass is 35.5. The first kappa shape index (κ1) is 12.4. The highest BCUT2D eigenvalue weighted by Crippen LogP contribution is 2.17. The van der Waals surface area contributed by atoms with Gasteiger partial charge in [0.25, 0.3) is 0 Å². The molecule has 2 rings (SSSR count). The molecule has 0 saturated carbocycles. The molecule has 1 N–H and O–H groups in total. The summed E-state index contributed by atoms with van der Waals surface area (Å²) in [5.74, 6) is -0.119. The van der Waals surface area contributed by atoms with Gasteiger partial charge in [-0.25, -0.2) is 0 Å². The molecule has 0 radical (unpaired) electrons. The number of aliphatic carboxylic acids is 1. The van der Waals surface area contributed by atoms with E-state index in [0.29, 0.717) is 10.8 Å². The molecule has 94 valence electrons. The van der Waals surface area contributed by atoms with Crippen LogP contribution >= 0.6 is 11.6 Å². The second-order valence-corrected chi connectivity index (χ2v) is 3.86. The Labute approximate surface area is 107 Å². The average Bonchev–Trinajstić information content (AvgIpc) is 2.73. The quantitative estimate of drug-likeness (QED) is 0.892. The lowest BCUT2D eigenvalue weighted by molar-refractivity contribution is -0.136.